The van der Waals surface area contributed by atoms with E-state index in [1.165, 1.54) is 33.4 Å². The van der Waals surface area contributed by atoms with Gasteiger partial charge in [0.05, 0.1) is 0 Å². The van der Waals surface area contributed by atoms with Crippen molar-refractivity contribution in [2.24, 2.45) is 0 Å². The zero-order valence-electron chi connectivity index (χ0n) is 12.9. The van der Waals surface area contributed by atoms with Crippen molar-refractivity contribution in [1.82, 2.24) is 0 Å². The number of hydrogen-bond acceptors (Lipinski definition) is 0. The first-order chi connectivity index (χ1) is 8.98. The molecule has 1 aromatic carbocycles. The van der Waals surface area contributed by atoms with E-state index in [-0.39, 0.29) is 28.5 Å². The van der Waals surface area contributed by atoms with Gasteiger partial charge in [-0.2, -0.15) is 0 Å². The Morgan fingerprint density at radius 3 is 2.00 bits per heavy atom. The van der Waals surface area contributed by atoms with Gasteiger partial charge < -0.3 is 0 Å². The van der Waals surface area contributed by atoms with Gasteiger partial charge >= 0.3 is 128 Å². The number of hydrogen-bond donors (Lipinski definition) is 0. The molecule has 3 rings (SSSR count). The van der Waals surface area contributed by atoms with Crippen LogP contribution in [0.5, 0.6) is 0 Å². The summed E-state index contributed by atoms with van der Waals surface area (Å²) in [5.74, 6) is 0.482. The molecular weight excluding hydrogens is 335 g/mol. The molecule has 0 saturated heterocycles. The zero-order chi connectivity index (χ0) is 13.8. The monoisotopic (exact) mass is 355 g/mol. The third kappa shape index (κ3) is 2.51. The Labute approximate surface area is 152 Å². The molecule has 2 aliphatic carbocycles. The molecule has 111 valence electrons. The van der Waals surface area contributed by atoms with Crippen LogP contribution in [0.2, 0.25) is 3.72 Å². The predicted octanol–water partition coefficient (Wildman–Crippen LogP) is 6.03. The summed E-state index contributed by atoms with van der Waals surface area (Å²) in [4.78, 5) is 0. The summed E-state index contributed by atoms with van der Waals surface area (Å²) in [6, 6.07) is 8.80. The molecule has 0 amide bonds. The van der Waals surface area contributed by atoms with Crippen molar-refractivity contribution in [3.8, 4) is 0 Å². The van der Waals surface area contributed by atoms with Gasteiger partial charge in [0.15, 0.2) is 0 Å². The van der Waals surface area contributed by atoms with Crippen molar-refractivity contribution in [1.29, 1.82) is 0 Å². The molecule has 1 unspecified atom stereocenters. The largest absolute Gasteiger partial charge is 0.147 e. The summed E-state index contributed by atoms with van der Waals surface area (Å²) >= 11 is 2.41. The molecule has 0 nitrogen and oxygen atoms in total. The summed E-state index contributed by atoms with van der Waals surface area (Å²) in [5.41, 5.74) is 8.90. The van der Waals surface area contributed by atoms with E-state index in [0.29, 0.717) is 5.92 Å². The van der Waals surface area contributed by atoms with Gasteiger partial charge in [0, 0.05) is 0 Å². The Kier molecular flexibility index (Phi) is 5.78. The fraction of sp³-hybridized carbons (Fsp3) is 0.333. The molecule has 3 heteroatoms. The Balaban J connectivity index is 0.00000110. The van der Waals surface area contributed by atoms with Crippen LogP contribution in [0.1, 0.15) is 44.7 Å². The average Bonchev–Trinajstić information content (AvgIpc) is 2.92. The van der Waals surface area contributed by atoms with Crippen LogP contribution < -0.4 is 0 Å². The van der Waals surface area contributed by atoms with Crippen LogP contribution in [0.15, 0.2) is 52.6 Å². The third-order valence-electron chi connectivity index (χ3n) is 5.14. The van der Waals surface area contributed by atoms with E-state index < -0.39 is 0 Å². The summed E-state index contributed by atoms with van der Waals surface area (Å²) in [7, 11) is 0. The smallest absolute Gasteiger partial charge is 0.147 e. The molecule has 0 aromatic heterocycles. The molecule has 0 saturated carbocycles. The maximum Gasteiger partial charge on any atom is -0.147 e. The molecule has 0 radical (unpaired) electrons. The van der Waals surface area contributed by atoms with Crippen LogP contribution in [0.4, 0.5) is 0 Å². The number of allylic oxidation sites excluding steroid dienone is 5. The molecule has 2 aliphatic rings. The fourth-order valence-electron chi connectivity index (χ4n) is 3.53. The molecule has 1 aromatic rings. The van der Waals surface area contributed by atoms with Gasteiger partial charge in [-0.05, 0) is 0 Å². The van der Waals surface area contributed by atoms with E-state index in [4.69, 9.17) is 0 Å². The first kappa shape index (κ1) is 18.8. The number of rotatable bonds is 1. The van der Waals surface area contributed by atoms with Crippen molar-refractivity contribution in [3.63, 3.8) is 0 Å². The summed E-state index contributed by atoms with van der Waals surface area (Å²) in [6.45, 7) is 9.15. The molecule has 0 bridgehead atoms. The second-order valence-electron chi connectivity index (χ2n) is 5.77. The number of benzene rings is 1. The van der Waals surface area contributed by atoms with E-state index in [2.05, 4.69) is 84.5 Å². The minimum absolute atomic E-state index is 0. The Morgan fingerprint density at radius 2 is 1.43 bits per heavy atom. The minimum atomic E-state index is 0. The molecule has 0 fully saturated rings. The topological polar surface area (TPSA) is 0 Å². The molecule has 0 N–H and O–H groups in total. The Hall–Kier alpha value is -0.266. The standard InChI is InChI=1S/C18H19.2ClH.Ti/c1-11-12(2)14(4)18(13(11)3)17-10-9-15-7-5-6-8-16(15)17;;;/h5-10,17H,1-4H3;2*1H;. The Bertz CT molecular complexity index is 629. The van der Waals surface area contributed by atoms with Gasteiger partial charge in [-0.25, -0.2) is 0 Å². The number of fused-ring (bicyclic) bond motifs is 1. The number of halogens is 2. The van der Waals surface area contributed by atoms with Gasteiger partial charge in [0.1, 0.15) is 0 Å². The van der Waals surface area contributed by atoms with Crippen LogP contribution >= 0.6 is 24.8 Å². The normalized spacial score (nSPS) is 22.0. The zero-order valence-corrected chi connectivity index (χ0v) is 16.1. The maximum absolute atomic E-state index is 2.41. The van der Waals surface area contributed by atoms with Crippen LogP contribution in [-0.4, -0.2) is 0 Å². The second-order valence-corrected chi connectivity index (χ2v) is 7.01. The minimum Gasteiger partial charge on any atom is -0.147 e. The van der Waals surface area contributed by atoms with Crippen LogP contribution in [0.3, 0.4) is 0 Å². The van der Waals surface area contributed by atoms with Crippen molar-refractivity contribution in [2.45, 2.75) is 37.3 Å². The van der Waals surface area contributed by atoms with Gasteiger partial charge in [-0.3, -0.25) is 0 Å². The Morgan fingerprint density at radius 1 is 0.905 bits per heavy atom. The first-order valence-corrected chi connectivity index (χ1v) is 7.64. The first-order valence-electron chi connectivity index (χ1n) is 6.86. The van der Waals surface area contributed by atoms with Gasteiger partial charge in [-0.1, -0.05) is 0 Å². The second kappa shape index (κ2) is 6.46. The van der Waals surface area contributed by atoms with E-state index in [1.807, 2.05) is 0 Å². The van der Waals surface area contributed by atoms with Crippen LogP contribution in [0.25, 0.3) is 6.08 Å². The molecule has 0 heterocycles. The molecule has 0 aliphatic heterocycles. The predicted molar refractivity (Wildman–Crippen MR) is 92.2 cm³/mol. The van der Waals surface area contributed by atoms with Crippen LogP contribution in [0, 0.1) is 0 Å². The summed E-state index contributed by atoms with van der Waals surface area (Å²) in [5, 5.41) is 0. The van der Waals surface area contributed by atoms with E-state index >= 15 is 0 Å². The molecule has 21 heavy (non-hydrogen) atoms. The van der Waals surface area contributed by atoms with Gasteiger partial charge in [0.2, 0.25) is 0 Å². The fourth-order valence-corrected chi connectivity index (χ4v) is 4.51. The molecule has 1 atom stereocenters. The third-order valence-corrected chi connectivity index (χ3v) is 6.79. The van der Waals surface area contributed by atoms with Crippen LogP contribution in [-0.2, 0) is 20.4 Å². The summed E-state index contributed by atoms with van der Waals surface area (Å²) < 4.78 is 0.150. The van der Waals surface area contributed by atoms with E-state index in [1.54, 1.807) is 0 Å². The molecule has 0 spiro atoms. The summed E-state index contributed by atoms with van der Waals surface area (Å²) in [6.07, 6.45) is 4.68. The van der Waals surface area contributed by atoms with Crippen molar-refractivity contribution < 1.29 is 20.4 Å². The SMILES string of the molecule is CC1=C(C)[C]([Ti])(C2C=Cc3ccccc32)C(C)=C1C.Cl.Cl. The van der Waals surface area contributed by atoms with Crippen molar-refractivity contribution in [3.05, 3.63) is 63.8 Å². The van der Waals surface area contributed by atoms with Gasteiger partial charge in [0.25, 0.3) is 0 Å². The van der Waals surface area contributed by atoms with E-state index in [0.717, 1.165) is 0 Å². The van der Waals surface area contributed by atoms with Crippen molar-refractivity contribution in [2.75, 3.05) is 0 Å². The van der Waals surface area contributed by atoms with Crippen molar-refractivity contribution >= 4 is 30.9 Å². The molecular formula is C18H21Cl2Ti. The maximum atomic E-state index is 2.41. The average molecular weight is 356 g/mol. The van der Waals surface area contributed by atoms with Gasteiger partial charge in [-0.15, -0.1) is 24.8 Å². The quantitative estimate of drug-likeness (QED) is 0.539. The van der Waals surface area contributed by atoms with E-state index in [9.17, 15) is 0 Å².